The summed E-state index contributed by atoms with van der Waals surface area (Å²) in [5, 5.41) is 11.0. The summed E-state index contributed by atoms with van der Waals surface area (Å²) in [6, 6.07) is 7.22. The van der Waals surface area contributed by atoms with Gasteiger partial charge in [-0.1, -0.05) is 17.7 Å². The number of nitrogens with zero attached hydrogens (tertiary/aromatic N) is 2. The van der Waals surface area contributed by atoms with E-state index < -0.39 is 26.5 Å². The molecule has 0 atom stereocenters. The molecule has 0 saturated carbocycles. The minimum atomic E-state index is -4.19. The van der Waals surface area contributed by atoms with Gasteiger partial charge in [0.05, 0.1) is 12.0 Å². The van der Waals surface area contributed by atoms with Gasteiger partial charge in [-0.05, 0) is 18.2 Å². The Morgan fingerprint density at radius 2 is 2.00 bits per heavy atom. The molecule has 2 aromatic rings. The molecule has 25 heavy (non-hydrogen) atoms. The van der Waals surface area contributed by atoms with E-state index in [1.807, 2.05) is 0 Å². The summed E-state index contributed by atoms with van der Waals surface area (Å²) in [6.45, 7) is -0.348. The molecule has 10 heteroatoms. The third kappa shape index (κ3) is 3.89. The molecule has 0 unspecified atom stereocenters. The monoisotopic (exact) mass is 388 g/mol. The highest BCUT2D eigenvalue weighted by Gasteiger charge is 2.28. The second kappa shape index (κ2) is 7.34. The molecule has 0 radical (unpaired) electrons. The Hall–Kier alpha value is -2.23. The molecule has 0 aliphatic rings. The SMILES string of the molecule is COc1ccc([N+](=O)[O-])cc1S(=O)(=O)N(C)Cc1c(F)cccc1Cl. The highest BCUT2D eigenvalue weighted by atomic mass is 35.5. The predicted molar refractivity (Wildman–Crippen MR) is 89.7 cm³/mol. The van der Waals surface area contributed by atoms with Gasteiger partial charge in [-0.15, -0.1) is 0 Å². The van der Waals surface area contributed by atoms with Crippen LogP contribution in [0.1, 0.15) is 5.56 Å². The van der Waals surface area contributed by atoms with E-state index in [-0.39, 0.29) is 27.8 Å². The summed E-state index contributed by atoms with van der Waals surface area (Å²) >= 11 is 5.92. The van der Waals surface area contributed by atoms with Crippen LogP contribution in [0.4, 0.5) is 10.1 Å². The largest absolute Gasteiger partial charge is 0.495 e. The average molecular weight is 389 g/mol. The number of hydrogen-bond donors (Lipinski definition) is 0. The van der Waals surface area contributed by atoms with Crippen molar-refractivity contribution in [2.45, 2.75) is 11.4 Å². The van der Waals surface area contributed by atoms with Gasteiger partial charge in [0.25, 0.3) is 5.69 Å². The van der Waals surface area contributed by atoms with E-state index in [1.54, 1.807) is 0 Å². The second-order valence-electron chi connectivity index (χ2n) is 5.05. The van der Waals surface area contributed by atoms with E-state index in [9.17, 15) is 22.9 Å². The van der Waals surface area contributed by atoms with Gasteiger partial charge in [-0.2, -0.15) is 4.31 Å². The molecule has 0 aliphatic carbocycles. The highest BCUT2D eigenvalue weighted by molar-refractivity contribution is 7.89. The van der Waals surface area contributed by atoms with Crippen LogP contribution in [0.5, 0.6) is 5.75 Å². The van der Waals surface area contributed by atoms with Crippen LogP contribution in [0.3, 0.4) is 0 Å². The van der Waals surface area contributed by atoms with Crippen LogP contribution >= 0.6 is 11.6 Å². The van der Waals surface area contributed by atoms with Crippen LogP contribution in [0.25, 0.3) is 0 Å². The predicted octanol–water partition coefficient (Wildman–Crippen LogP) is 3.22. The van der Waals surface area contributed by atoms with E-state index in [2.05, 4.69) is 0 Å². The minimum Gasteiger partial charge on any atom is -0.495 e. The third-order valence-corrected chi connectivity index (χ3v) is 5.67. The molecule has 0 heterocycles. The number of benzene rings is 2. The first kappa shape index (κ1) is 19.1. The fourth-order valence-electron chi connectivity index (χ4n) is 2.14. The van der Waals surface area contributed by atoms with Crippen LogP contribution in [0.15, 0.2) is 41.3 Å². The van der Waals surface area contributed by atoms with Crippen molar-refractivity contribution in [3.63, 3.8) is 0 Å². The summed E-state index contributed by atoms with van der Waals surface area (Å²) in [6.07, 6.45) is 0. The minimum absolute atomic E-state index is 0.000334. The molecule has 7 nitrogen and oxygen atoms in total. The third-order valence-electron chi connectivity index (χ3n) is 3.49. The molecule has 2 rings (SSSR count). The van der Waals surface area contributed by atoms with Crippen molar-refractivity contribution in [2.75, 3.05) is 14.2 Å². The molecule has 0 aliphatic heterocycles. The van der Waals surface area contributed by atoms with Crippen molar-refractivity contribution >= 4 is 27.3 Å². The van der Waals surface area contributed by atoms with Crippen LogP contribution in [0, 0.1) is 15.9 Å². The van der Waals surface area contributed by atoms with Gasteiger partial charge in [0.1, 0.15) is 16.5 Å². The molecule has 0 N–H and O–H groups in total. The lowest BCUT2D eigenvalue weighted by molar-refractivity contribution is -0.385. The normalized spacial score (nSPS) is 11.6. The van der Waals surface area contributed by atoms with Crippen LogP contribution in [0.2, 0.25) is 5.02 Å². The van der Waals surface area contributed by atoms with Gasteiger partial charge < -0.3 is 4.74 Å². The van der Waals surface area contributed by atoms with Gasteiger partial charge >= 0.3 is 0 Å². The molecular weight excluding hydrogens is 375 g/mol. The van der Waals surface area contributed by atoms with Gasteiger partial charge in [0.2, 0.25) is 10.0 Å². The van der Waals surface area contributed by atoms with Crippen molar-refractivity contribution in [2.24, 2.45) is 0 Å². The Morgan fingerprint density at radius 3 is 2.56 bits per heavy atom. The van der Waals surface area contributed by atoms with E-state index in [4.69, 9.17) is 16.3 Å². The maximum Gasteiger partial charge on any atom is 0.271 e. The van der Waals surface area contributed by atoms with Crippen molar-refractivity contribution in [3.8, 4) is 5.75 Å². The highest BCUT2D eigenvalue weighted by Crippen LogP contribution is 2.31. The number of hydrogen-bond acceptors (Lipinski definition) is 5. The Bertz CT molecular complexity index is 900. The first-order valence-electron chi connectivity index (χ1n) is 6.90. The summed E-state index contributed by atoms with van der Waals surface area (Å²) in [5.41, 5.74) is -0.406. The number of rotatable bonds is 6. The van der Waals surface area contributed by atoms with E-state index in [0.717, 1.165) is 22.5 Å². The Labute approximate surface area is 148 Å². The summed E-state index contributed by atoms with van der Waals surface area (Å²) in [4.78, 5) is 9.81. The van der Waals surface area contributed by atoms with E-state index in [0.29, 0.717) is 0 Å². The molecule has 0 spiro atoms. The smallest absolute Gasteiger partial charge is 0.271 e. The lowest BCUT2D eigenvalue weighted by atomic mass is 10.2. The van der Waals surface area contributed by atoms with Gasteiger partial charge in [-0.25, -0.2) is 12.8 Å². The molecule has 134 valence electrons. The summed E-state index contributed by atoms with van der Waals surface area (Å²) < 4.78 is 45.3. The first-order valence-corrected chi connectivity index (χ1v) is 8.72. The van der Waals surface area contributed by atoms with Crippen LogP contribution in [-0.2, 0) is 16.6 Å². The van der Waals surface area contributed by atoms with E-state index >= 15 is 0 Å². The Morgan fingerprint density at radius 1 is 1.32 bits per heavy atom. The van der Waals surface area contributed by atoms with Crippen molar-refractivity contribution in [3.05, 3.63) is 62.9 Å². The molecule has 0 saturated heterocycles. The summed E-state index contributed by atoms with van der Waals surface area (Å²) in [5.74, 6) is -0.711. The first-order chi connectivity index (χ1) is 11.7. The number of methoxy groups -OCH3 is 1. The fraction of sp³-hybridized carbons (Fsp3) is 0.200. The zero-order valence-electron chi connectivity index (χ0n) is 13.3. The summed E-state index contributed by atoms with van der Waals surface area (Å²) in [7, 11) is -1.73. The topological polar surface area (TPSA) is 89.7 Å². The number of nitro benzene ring substituents is 1. The Balaban J connectivity index is 2.47. The van der Waals surface area contributed by atoms with E-state index in [1.165, 1.54) is 32.4 Å². The molecule has 2 aromatic carbocycles. The quantitative estimate of drug-likeness (QED) is 0.560. The zero-order chi connectivity index (χ0) is 18.8. The van der Waals surface area contributed by atoms with Crippen molar-refractivity contribution in [1.82, 2.24) is 4.31 Å². The zero-order valence-corrected chi connectivity index (χ0v) is 14.8. The average Bonchev–Trinajstić information content (AvgIpc) is 2.57. The molecular formula is C15H14ClFN2O5S. The molecule has 0 aromatic heterocycles. The molecule has 0 amide bonds. The molecule has 0 fully saturated rings. The molecule has 0 bridgehead atoms. The number of non-ortho nitro benzene ring substituents is 1. The number of ether oxygens (including phenoxy) is 1. The lowest BCUT2D eigenvalue weighted by Gasteiger charge is -2.19. The van der Waals surface area contributed by atoms with Crippen molar-refractivity contribution in [1.29, 1.82) is 0 Å². The maximum absolute atomic E-state index is 13.9. The fourth-order valence-corrected chi connectivity index (χ4v) is 3.67. The number of halogens is 2. The van der Waals surface area contributed by atoms with Gasteiger partial charge in [0.15, 0.2) is 0 Å². The number of nitro groups is 1. The standard InChI is InChI=1S/C15H14ClFN2O5S/c1-18(9-11-12(16)4-3-5-13(11)17)25(22,23)15-8-10(19(20)21)6-7-14(15)24-2/h3-8H,9H2,1-2H3. The van der Waals surface area contributed by atoms with Gasteiger partial charge in [-0.3, -0.25) is 10.1 Å². The number of sulfonamides is 1. The Kier molecular flexibility index (Phi) is 5.61. The van der Waals surface area contributed by atoms with Gasteiger partial charge in [0, 0.05) is 36.3 Å². The van der Waals surface area contributed by atoms with Crippen LogP contribution < -0.4 is 4.74 Å². The lowest BCUT2D eigenvalue weighted by Crippen LogP contribution is -2.27. The van der Waals surface area contributed by atoms with Crippen molar-refractivity contribution < 1.29 is 22.5 Å². The van der Waals surface area contributed by atoms with Crippen LogP contribution in [-0.4, -0.2) is 31.8 Å². The maximum atomic E-state index is 13.9. The second-order valence-corrected chi connectivity index (χ2v) is 7.47.